The summed E-state index contributed by atoms with van der Waals surface area (Å²) in [6, 6.07) is 8.63. The fourth-order valence-electron chi connectivity index (χ4n) is 3.82. The van der Waals surface area contributed by atoms with E-state index in [4.69, 9.17) is 4.74 Å². The molecule has 9 heteroatoms. The Morgan fingerprint density at radius 2 is 2.06 bits per heavy atom. The van der Waals surface area contributed by atoms with Gasteiger partial charge in [-0.05, 0) is 65.8 Å². The number of sulfonamides is 1. The van der Waals surface area contributed by atoms with Crippen LogP contribution in [-0.2, 0) is 23.1 Å². The molecule has 1 aromatic heterocycles. The number of allylic oxidation sites excluding steroid dienone is 1. The van der Waals surface area contributed by atoms with Crippen molar-refractivity contribution in [2.24, 2.45) is 5.92 Å². The van der Waals surface area contributed by atoms with Gasteiger partial charge in [-0.3, -0.25) is 4.31 Å². The molecule has 2 aromatic carbocycles. The van der Waals surface area contributed by atoms with Gasteiger partial charge in [-0.1, -0.05) is 32.1 Å². The zero-order chi connectivity index (χ0) is 24.5. The first-order valence-electron chi connectivity index (χ1n) is 10.9. The first-order chi connectivity index (χ1) is 16.2. The minimum absolute atomic E-state index is 0.0373. The van der Waals surface area contributed by atoms with E-state index in [0.717, 1.165) is 40.0 Å². The van der Waals surface area contributed by atoms with Crippen LogP contribution in [0.1, 0.15) is 46.5 Å². The summed E-state index contributed by atoms with van der Waals surface area (Å²) in [6.45, 7) is 6.21. The van der Waals surface area contributed by atoms with Crippen molar-refractivity contribution < 1.29 is 23.1 Å². The number of nitrogens with zero attached hydrogens (tertiary/aromatic N) is 2. The number of carboxylic acid groups (broad SMARTS) is 1. The Morgan fingerprint density at radius 1 is 1.26 bits per heavy atom. The molecule has 0 radical (unpaired) electrons. The van der Waals surface area contributed by atoms with Gasteiger partial charge in [-0.15, -0.1) is 11.3 Å². The highest BCUT2D eigenvalue weighted by Crippen LogP contribution is 2.39. The van der Waals surface area contributed by atoms with Gasteiger partial charge in [-0.2, -0.15) is 8.42 Å². The number of aromatic nitrogens is 1. The number of aryl methyl sites for hydroxylation is 1. The number of hydrogen-bond donors (Lipinski definition) is 1. The highest BCUT2D eigenvalue weighted by molar-refractivity contribution is 7.94. The van der Waals surface area contributed by atoms with Crippen molar-refractivity contribution in [3.8, 4) is 5.75 Å². The monoisotopic (exact) mass is 498 g/mol. The molecule has 1 aliphatic rings. The summed E-state index contributed by atoms with van der Waals surface area (Å²) in [5.41, 5.74) is 4.32. The number of carboxylic acids is 1. The summed E-state index contributed by atoms with van der Waals surface area (Å²) in [7, 11) is -3.88. The molecule has 34 heavy (non-hydrogen) atoms. The van der Waals surface area contributed by atoms with Crippen LogP contribution in [-0.4, -0.2) is 31.0 Å². The molecule has 0 fully saturated rings. The average Bonchev–Trinajstić information content (AvgIpc) is 3.48. The number of thiazole rings is 1. The van der Waals surface area contributed by atoms with Crippen LogP contribution in [0.3, 0.4) is 0 Å². The molecule has 0 bridgehead atoms. The van der Waals surface area contributed by atoms with Gasteiger partial charge >= 0.3 is 5.97 Å². The van der Waals surface area contributed by atoms with Crippen molar-refractivity contribution in [2.45, 2.75) is 38.1 Å². The van der Waals surface area contributed by atoms with Crippen molar-refractivity contribution >= 4 is 39.1 Å². The Labute approximate surface area is 203 Å². The number of aromatic carboxylic acids is 1. The number of carbonyl (C=O) groups is 1. The predicted octanol–water partition coefficient (Wildman–Crippen LogP) is 5.15. The van der Waals surface area contributed by atoms with Gasteiger partial charge in [0.1, 0.15) is 12.4 Å². The summed E-state index contributed by atoms with van der Waals surface area (Å²) in [6.07, 6.45) is 6.26. The zero-order valence-corrected chi connectivity index (χ0v) is 20.8. The van der Waals surface area contributed by atoms with Crippen LogP contribution in [0, 0.1) is 12.8 Å². The quantitative estimate of drug-likeness (QED) is 0.438. The van der Waals surface area contributed by atoms with Gasteiger partial charge in [0.2, 0.25) is 4.34 Å². The molecule has 3 aromatic rings. The van der Waals surface area contributed by atoms with Gasteiger partial charge in [-0.25, -0.2) is 9.78 Å². The maximum atomic E-state index is 13.6. The molecular formula is C25H26N2O5S2. The number of hydrogen-bond acceptors (Lipinski definition) is 6. The molecular weight excluding hydrogens is 472 g/mol. The lowest BCUT2D eigenvalue weighted by Crippen LogP contribution is -2.34. The first-order valence-corrected chi connectivity index (χ1v) is 13.2. The molecule has 0 saturated heterocycles. The third kappa shape index (κ3) is 4.85. The Hall–Kier alpha value is -3.17. The zero-order valence-electron chi connectivity index (χ0n) is 19.2. The minimum atomic E-state index is -3.88. The Morgan fingerprint density at radius 3 is 2.71 bits per heavy atom. The largest absolute Gasteiger partial charge is 0.487 e. The smallest absolute Gasteiger partial charge is 0.335 e. The molecule has 0 aliphatic heterocycles. The summed E-state index contributed by atoms with van der Waals surface area (Å²) in [4.78, 5) is 15.3. The Bertz CT molecular complexity index is 1350. The van der Waals surface area contributed by atoms with Gasteiger partial charge in [0.25, 0.3) is 10.0 Å². The van der Waals surface area contributed by atoms with Gasteiger partial charge < -0.3 is 9.84 Å². The van der Waals surface area contributed by atoms with Crippen LogP contribution in [0.4, 0.5) is 5.69 Å². The van der Waals surface area contributed by atoms with E-state index in [9.17, 15) is 18.3 Å². The van der Waals surface area contributed by atoms with E-state index in [2.05, 4.69) is 4.98 Å². The maximum Gasteiger partial charge on any atom is 0.335 e. The third-order valence-electron chi connectivity index (χ3n) is 5.55. The lowest BCUT2D eigenvalue weighted by atomic mass is 10.1. The molecule has 1 N–H and O–H groups in total. The third-order valence-corrected chi connectivity index (χ3v) is 8.51. The van der Waals surface area contributed by atoms with E-state index in [1.165, 1.54) is 10.5 Å². The van der Waals surface area contributed by atoms with Gasteiger partial charge in [0.05, 0.1) is 11.3 Å². The van der Waals surface area contributed by atoms with Crippen molar-refractivity contribution in [1.29, 1.82) is 0 Å². The van der Waals surface area contributed by atoms with Crippen LogP contribution in [0.25, 0.3) is 6.08 Å². The Balaban J connectivity index is 1.74. The second-order valence-electron chi connectivity index (χ2n) is 8.59. The number of anilines is 1. The summed E-state index contributed by atoms with van der Waals surface area (Å²) in [5, 5.41) is 10.9. The molecule has 0 atom stereocenters. The van der Waals surface area contributed by atoms with Crippen molar-refractivity contribution in [3.05, 3.63) is 75.8 Å². The van der Waals surface area contributed by atoms with Crippen LogP contribution in [0.2, 0.25) is 0 Å². The Kier molecular flexibility index (Phi) is 6.77. The topological polar surface area (TPSA) is 96.8 Å². The molecule has 1 heterocycles. The second-order valence-corrected chi connectivity index (χ2v) is 11.5. The number of benzene rings is 2. The molecule has 4 rings (SSSR count). The lowest BCUT2D eigenvalue weighted by Gasteiger charge is -2.28. The summed E-state index contributed by atoms with van der Waals surface area (Å²) >= 11 is 1.08. The molecule has 0 spiro atoms. The van der Waals surface area contributed by atoms with Crippen LogP contribution in [0.5, 0.6) is 5.75 Å². The second kappa shape index (κ2) is 9.60. The predicted molar refractivity (Wildman–Crippen MR) is 133 cm³/mol. The van der Waals surface area contributed by atoms with Crippen LogP contribution < -0.4 is 9.04 Å². The van der Waals surface area contributed by atoms with Crippen molar-refractivity contribution in [1.82, 2.24) is 4.98 Å². The molecule has 1 aliphatic carbocycles. The van der Waals surface area contributed by atoms with Gasteiger partial charge in [0, 0.05) is 18.1 Å². The maximum absolute atomic E-state index is 13.6. The average molecular weight is 499 g/mol. The molecule has 0 amide bonds. The number of rotatable bonds is 9. The highest BCUT2D eigenvalue weighted by Gasteiger charge is 2.31. The standard InChI is InChI=1S/C25H26N2O5S2/c1-16(2)14-27(34(30,31)25-26-9-10-33-25)22-12-18-5-4-6-19(18)13-23(22)32-15-21-8-7-20(24(28)29)11-17(21)3/h4-5,7-13,16H,6,14-15H2,1-3H3,(H,28,29). The minimum Gasteiger partial charge on any atom is -0.487 e. The lowest BCUT2D eigenvalue weighted by molar-refractivity contribution is 0.0696. The summed E-state index contributed by atoms with van der Waals surface area (Å²) < 4.78 is 34.7. The van der Waals surface area contributed by atoms with Crippen LogP contribution >= 0.6 is 11.3 Å². The van der Waals surface area contributed by atoms with Crippen LogP contribution in [0.15, 0.2) is 52.3 Å². The SMILES string of the molecule is Cc1cc(C(=O)O)ccc1COc1cc2c(cc1N(CC(C)C)S(=O)(=O)c1nccs1)C=CC2. The van der Waals surface area contributed by atoms with E-state index in [1.807, 2.05) is 45.1 Å². The summed E-state index contributed by atoms with van der Waals surface area (Å²) in [5.74, 6) is -0.456. The number of ether oxygens (including phenoxy) is 1. The normalized spacial score (nSPS) is 12.7. The fourth-order valence-corrected chi connectivity index (χ4v) is 6.38. The van der Waals surface area contributed by atoms with E-state index >= 15 is 0 Å². The first kappa shape index (κ1) is 24.0. The van der Waals surface area contributed by atoms with E-state index < -0.39 is 16.0 Å². The molecule has 178 valence electrons. The van der Waals surface area contributed by atoms with E-state index in [-0.39, 0.29) is 29.0 Å². The molecule has 0 unspecified atom stereocenters. The molecule has 7 nitrogen and oxygen atoms in total. The van der Waals surface area contributed by atoms with Crippen molar-refractivity contribution in [3.63, 3.8) is 0 Å². The van der Waals surface area contributed by atoms with E-state index in [1.54, 1.807) is 23.6 Å². The molecule has 0 saturated carbocycles. The number of fused-ring (bicyclic) bond motifs is 1. The van der Waals surface area contributed by atoms with Crippen molar-refractivity contribution in [2.75, 3.05) is 10.8 Å². The van der Waals surface area contributed by atoms with E-state index in [0.29, 0.717) is 11.4 Å². The fraction of sp³-hybridized carbons (Fsp3) is 0.280. The van der Waals surface area contributed by atoms with Gasteiger partial charge in [0.15, 0.2) is 0 Å². The highest BCUT2D eigenvalue weighted by atomic mass is 32.2.